The number of rotatable bonds is 8. The lowest BCUT2D eigenvalue weighted by atomic mass is 10.0. The summed E-state index contributed by atoms with van der Waals surface area (Å²) in [6, 6.07) is 3.88. The molecule has 0 aliphatic heterocycles. The van der Waals surface area contributed by atoms with E-state index in [1.807, 2.05) is 12.1 Å². The Labute approximate surface area is 110 Å². The van der Waals surface area contributed by atoms with Gasteiger partial charge in [-0.05, 0) is 31.5 Å². The molecule has 0 aliphatic rings. The lowest BCUT2D eigenvalue weighted by Gasteiger charge is -2.26. The van der Waals surface area contributed by atoms with Crippen LogP contribution in [0, 0.1) is 0 Å². The molecule has 4 heteroatoms. The number of hydrogen-bond donors (Lipinski definition) is 1. The number of ether oxygens (including phenoxy) is 2. The average molecular weight is 252 g/mol. The van der Waals surface area contributed by atoms with Crippen molar-refractivity contribution >= 4 is 0 Å². The molecule has 0 aromatic carbocycles. The van der Waals surface area contributed by atoms with Crippen molar-refractivity contribution in [2.75, 3.05) is 20.8 Å². The van der Waals surface area contributed by atoms with Crippen LogP contribution in [0.4, 0.5) is 0 Å². The van der Waals surface area contributed by atoms with Crippen LogP contribution in [0.1, 0.15) is 38.4 Å². The zero-order valence-electron chi connectivity index (χ0n) is 11.8. The molecule has 4 nitrogen and oxygen atoms in total. The zero-order chi connectivity index (χ0) is 13.4. The molecular formula is C14H24N2O2. The van der Waals surface area contributed by atoms with Crippen molar-refractivity contribution in [3.8, 4) is 5.75 Å². The summed E-state index contributed by atoms with van der Waals surface area (Å²) in [7, 11) is 3.41. The second-order valence-electron chi connectivity index (χ2n) is 4.21. The number of nitrogens with one attached hydrogen (secondary N) is 1. The summed E-state index contributed by atoms with van der Waals surface area (Å²) in [5.41, 5.74) is 0.919. The van der Waals surface area contributed by atoms with Crippen molar-refractivity contribution in [1.82, 2.24) is 10.3 Å². The third kappa shape index (κ3) is 3.68. The fraction of sp³-hybridized carbons (Fsp3) is 0.643. The first-order chi connectivity index (χ1) is 8.78. The van der Waals surface area contributed by atoms with E-state index in [0.29, 0.717) is 0 Å². The van der Waals surface area contributed by atoms with Gasteiger partial charge in [-0.1, -0.05) is 13.8 Å². The summed E-state index contributed by atoms with van der Waals surface area (Å²) in [5, 5.41) is 3.49. The minimum atomic E-state index is 0.0658. The van der Waals surface area contributed by atoms with E-state index in [9.17, 15) is 0 Å². The van der Waals surface area contributed by atoms with Gasteiger partial charge in [0.15, 0.2) is 0 Å². The molecule has 0 amide bonds. The number of hydrogen-bond acceptors (Lipinski definition) is 4. The fourth-order valence-electron chi connectivity index (χ4n) is 2.05. The van der Waals surface area contributed by atoms with Gasteiger partial charge in [-0.3, -0.25) is 4.98 Å². The monoisotopic (exact) mass is 252 g/mol. The van der Waals surface area contributed by atoms with Crippen LogP contribution in [0.2, 0.25) is 0 Å². The number of nitrogens with zero attached hydrogens (tertiary/aromatic N) is 1. The number of methoxy groups -OCH3 is 2. The Hall–Kier alpha value is -1.13. The van der Waals surface area contributed by atoms with Crippen molar-refractivity contribution in [2.45, 2.75) is 38.8 Å². The minimum absolute atomic E-state index is 0.0658. The Kier molecular flexibility index (Phi) is 6.68. The van der Waals surface area contributed by atoms with Crippen molar-refractivity contribution in [3.63, 3.8) is 0 Å². The van der Waals surface area contributed by atoms with Gasteiger partial charge in [0.1, 0.15) is 11.4 Å². The van der Waals surface area contributed by atoms with Gasteiger partial charge in [-0.2, -0.15) is 0 Å². The third-order valence-corrected chi connectivity index (χ3v) is 3.01. The van der Waals surface area contributed by atoms with Crippen LogP contribution in [-0.2, 0) is 4.74 Å². The highest BCUT2D eigenvalue weighted by atomic mass is 16.5. The standard InChI is InChI=1S/C14H24N2O2/c1-5-9-15-13(11(6-2)17-3)14-12(18-4)8-7-10-16-14/h7-8,10-11,13,15H,5-6,9H2,1-4H3. The molecule has 0 aliphatic carbocycles. The lowest BCUT2D eigenvalue weighted by Crippen LogP contribution is -2.34. The summed E-state index contributed by atoms with van der Waals surface area (Å²) in [6.45, 7) is 5.20. The van der Waals surface area contributed by atoms with E-state index in [1.165, 1.54) is 0 Å². The summed E-state index contributed by atoms with van der Waals surface area (Å²) >= 11 is 0. The second-order valence-corrected chi connectivity index (χ2v) is 4.21. The molecule has 2 atom stereocenters. The highest BCUT2D eigenvalue weighted by Gasteiger charge is 2.25. The molecule has 2 unspecified atom stereocenters. The molecule has 0 saturated carbocycles. The Balaban J connectivity index is 2.99. The highest BCUT2D eigenvalue weighted by molar-refractivity contribution is 5.30. The zero-order valence-corrected chi connectivity index (χ0v) is 11.8. The number of aromatic nitrogens is 1. The van der Waals surface area contributed by atoms with E-state index in [0.717, 1.165) is 30.8 Å². The lowest BCUT2D eigenvalue weighted by molar-refractivity contribution is 0.0629. The first-order valence-corrected chi connectivity index (χ1v) is 6.53. The van der Waals surface area contributed by atoms with Crippen LogP contribution in [0.3, 0.4) is 0 Å². The van der Waals surface area contributed by atoms with E-state index in [1.54, 1.807) is 20.4 Å². The highest BCUT2D eigenvalue weighted by Crippen LogP contribution is 2.27. The maximum atomic E-state index is 5.55. The van der Waals surface area contributed by atoms with Gasteiger partial charge in [0.05, 0.1) is 19.3 Å². The van der Waals surface area contributed by atoms with Crippen LogP contribution in [0.15, 0.2) is 18.3 Å². The van der Waals surface area contributed by atoms with Crippen molar-refractivity contribution in [3.05, 3.63) is 24.0 Å². The first-order valence-electron chi connectivity index (χ1n) is 6.53. The molecule has 1 N–H and O–H groups in total. The van der Waals surface area contributed by atoms with E-state index < -0.39 is 0 Å². The maximum Gasteiger partial charge on any atom is 0.142 e. The summed E-state index contributed by atoms with van der Waals surface area (Å²) in [5.74, 6) is 0.807. The minimum Gasteiger partial charge on any atom is -0.495 e. The molecule has 1 aromatic rings. The largest absolute Gasteiger partial charge is 0.495 e. The van der Waals surface area contributed by atoms with Crippen molar-refractivity contribution in [1.29, 1.82) is 0 Å². The van der Waals surface area contributed by atoms with Crippen LogP contribution in [0.5, 0.6) is 5.75 Å². The van der Waals surface area contributed by atoms with Gasteiger partial charge in [0.25, 0.3) is 0 Å². The molecule has 1 heterocycles. The predicted molar refractivity (Wildman–Crippen MR) is 72.9 cm³/mol. The first kappa shape index (κ1) is 14.9. The second kappa shape index (κ2) is 8.06. The molecule has 0 spiro atoms. The van der Waals surface area contributed by atoms with Gasteiger partial charge in [0.2, 0.25) is 0 Å². The van der Waals surface area contributed by atoms with E-state index in [2.05, 4.69) is 24.1 Å². The van der Waals surface area contributed by atoms with Gasteiger partial charge in [0, 0.05) is 13.3 Å². The van der Waals surface area contributed by atoms with E-state index >= 15 is 0 Å². The molecule has 1 rings (SSSR count). The van der Waals surface area contributed by atoms with Gasteiger partial charge < -0.3 is 14.8 Å². The van der Waals surface area contributed by atoms with Crippen LogP contribution >= 0.6 is 0 Å². The maximum absolute atomic E-state index is 5.55. The Morgan fingerprint density at radius 3 is 2.67 bits per heavy atom. The predicted octanol–water partition coefficient (Wildman–Crippen LogP) is 2.56. The van der Waals surface area contributed by atoms with Crippen molar-refractivity contribution in [2.24, 2.45) is 0 Å². The third-order valence-electron chi connectivity index (χ3n) is 3.01. The Morgan fingerprint density at radius 1 is 1.33 bits per heavy atom. The topological polar surface area (TPSA) is 43.4 Å². The molecular weight excluding hydrogens is 228 g/mol. The molecule has 0 saturated heterocycles. The summed E-state index contributed by atoms with van der Waals surface area (Å²) in [4.78, 5) is 4.45. The molecule has 0 bridgehead atoms. The molecule has 102 valence electrons. The smallest absolute Gasteiger partial charge is 0.142 e. The Morgan fingerprint density at radius 2 is 2.11 bits per heavy atom. The van der Waals surface area contributed by atoms with Gasteiger partial charge in [-0.15, -0.1) is 0 Å². The summed E-state index contributed by atoms with van der Waals surface area (Å²) in [6.07, 6.45) is 3.89. The molecule has 1 aromatic heterocycles. The van der Waals surface area contributed by atoms with Gasteiger partial charge in [-0.25, -0.2) is 0 Å². The van der Waals surface area contributed by atoms with Crippen LogP contribution in [0.25, 0.3) is 0 Å². The normalized spacial score (nSPS) is 14.2. The number of pyridine rings is 1. The summed E-state index contributed by atoms with van der Waals surface area (Å²) < 4.78 is 10.9. The fourth-order valence-corrected chi connectivity index (χ4v) is 2.05. The average Bonchev–Trinajstić information content (AvgIpc) is 2.43. The quantitative estimate of drug-likeness (QED) is 0.772. The van der Waals surface area contributed by atoms with Crippen LogP contribution in [-0.4, -0.2) is 31.9 Å². The van der Waals surface area contributed by atoms with Gasteiger partial charge >= 0.3 is 0 Å². The van der Waals surface area contributed by atoms with E-state index in [-0.39, 0.29) is 12.1 Å². The SMILES string of the molecule is CCCNC(c1ncccc1OC)C(CC)OC. The van der Waals surface area contributed by atoms with Crippen molar-refractivity contribution < 1.29 is 9.47 Å². The molecule has 0 radical (unpaired) electrons. The molecule has 0 fully saturated rings. The Bertz CT molecular complexity index is 340. The molecule has 18 heavy (non-hydrogen) atoms. The van der Waals surface area contributed by atoms with Crippen LogP contribution < -0.4 is 10.1 Å². The van der Waals surface area contributed by atoms with E-state index in [4.69, 9.17) is 9.47 Å².